The SMILES string of the molecule is C=CCN(Cc1nccn1Cc1ccccc1C)C(=O)c1ccco1. The predicted molar refractivity (Wildman–Crippen MR) is 96.2 cm³/mol. The smallest absolute Gasteiger partial charge is 0.290 e. The van der Waals surface area contributed by atoms with Crippen molar-refractivity contribution in [3.63, 3.8) is 0 Å². The van der Waals surface area contributed by atoms with Gasteiger partial charge < -0.3 is 13.9 Å². The van der Waals surface area contributed by atoms with Crippen LogP contribution in [0.3, 0.4) is 0 Å². The van der Waals surface area contributed by atoms with E-state index in [1.165, 1.54) is 17.4 Å². The van der Waals surface area contributed by atoms with Gasteiger partial charge in [0, 0.05) is 25.5 Å². The molecule has 0 fully saturated rings. The predicted octanol–water partition coefficient (Wildman–Crippen LogP) is 3.66. The number of rotatable bonds is 7. The molecule has 1 aromatic carbocycles. The van der Waals surface area contributed by atoms with E-state index in [1.54, 1.807) is 29.3 Å². The standard InChI is InChI=1S/C20H21N3O2/c1-3-11-23(20(24)18-9-6-13-25-18)15-19-21-10-12-22(19)14-17-8-5-4-7-16(17)2/h3-10,12-13H,1,11,14-15H2,2H3. The first-order valence-electron chi connectivity index (χ1n) is 8.17. The van der Waals surface area contributed by atoms with E-state index in [4.69, 9.17) is 4.42 Å². The Morgan fingerprint density at radius 2 is 2.16 bits per heavy atom. The summed E-state index contributed by atoms with van der Waals surface area (Å²) in [6.45, 7) is 7.38. The van der Waals surface area contributed by atoms with Gasteiger partial charge in [0.1, 0.15) is 5.82 Å². The van der Waals surface area contributed by atoms with Crippen molar-refractivity contribution in [3.05, 3.63) is 90.4 Å². The second kappa shape index (κ2) is 7.66. The summed E-state index contributed by atoms with van der Waals surface area (Å²) < 4.78 is 7.29. The monoisotopic (exact) mass is 335 g/mol. The number of amides is 1. The molecule has 5 heteroatoms. The second-order valence-electron chi connectivity index (χ2n) is 5.85. The molecule has 0 saturated carbocycles. The minimum Gasteiger partial charge on any atom is -0.459 e. The molecule has 0 spiro atoms. The van der Waals surface area contributed by atoms with E-state index in [2.05, 4.69) is 35.2 Å². The molecule has 0 aliphatic rings. The molecule has 0 bridgehead atoms. The van der Waals surface area contributed by atoms with Crippen molar-refractivity contribution in [1.82, 2.24) is 14.5 Å². The largest absolute Gasteiger partial charge is 0.459 e. The van der Waals surface area contributed by atoms with Gasteiger partial charge in [-0.1, -0.05) is 30.3 Å². The van der Waals surface area contributed by atoms with Gasteiger partial charge in [-0.25, -0.2) is 4.98 Å². The van der Waals surface area contributed by atoms with Gasteiger partial charge in [0.2, 0.25) is 0 Å². The Morgan fingerprint density at radius 1 is 1.32 bits per heavy atom. The first kappa shape index (κ1) is 16.8. The van der Waals surface area contributed by atoms with E-state index in [1.807, 2.05) is 18.3 Å². The minimum atomic E-state index is -0.171. The van der Waals surface area contributed by atoms with E-state index >= 15 is 0 Å². The molecule has 2 heterocycles. The van der Waals surface area contributed by atoms with Crippen LogP contribution in [0.15, 0.2) is 72.1 Å². The highest BCUT2D eigenvalue weighted by Gasteiger charge is 2.19. The van der Waals surface area contributed by atoms with Gasteiger partial charge in [0.25, 0.3) is 5.91 Å². The summed E-state index contributed by atoms with van der Waals surface area (Å²) in [7, 11) is 0. The zero-order chi connectivity index (χ0) is 17.6. The van der Waals surface area contributed by atoms with Crippen LogP contribution in [0, 0.1) is 6.92 Å². The number of furan rings is 1. The first-order valence-corrected chi connectivity index (χ1v) is 8.17. The number of nitrogens with zero attached hydrogens (tertiary/aromatic N) is 3. The van der Waals surface area contributed by atoms with Crippen molar-refractivity contribution in [3.8, 4) is 0 Å². The summed E-state index contributed by atoms with van der Waals surface area (Å²) in [4.78, 5) is 18.7. The number of carbonyl (C=O) groups is 1. The van der Waals surface area contributed by atoms with Crippen molar-refractivity contribution >= 4 is 5.91 Å². The first-order chi connectivity index (χ1) is 12.2. The molecule has 0 aliphatic carbocycles. The van der Waals surface area contributed by atoms with Crippen molar-refractivity contribution in [2.24, 2.45) is 0 Å². The van der Waals surface area contributed by atoms with E-state index < -0.39 is 0 Å². The molecule has 128 valence electrons. The molecule has 3 aromatic rings. The third kappa shape index (κ3) is 3.88. The van der Waals surface area contributed by atoms with Gasteiger partial charge in [-0.2, -0.15) is 0 Å². The highest BCUT2D eigenvalue weighted by atomic mass is 16.3. The van der Waals surface area contributed by atoms with E-state index in [-0.39, 0.29) is 5.91 Å². The third-order valence-corrected chi connectivity index (χ3v) is 4.10. The molecule has 3 rings (SSSR count). The van der Waals surface area contributed by atoms with Crippen LogP contribution in [0.1, 0.15) is 27.5 Å². The molecule has 1 amide bonds. The van der Waals surface area contributed by atoms with Crippen LogP contribution in [-0.4, -0.2) is 26.9 Å². The topological polar surface area (TPSA) is 51.3 Å². The van der Waals surface area contributed by atoms with Gasteiger partial charge in [0.05, 0.1) is 12.8 Å². The lowest BCUT2D eigenvalue weighted by Crippen LogP contribution is -2.31. The fraction of sp³-hybridized carbons (Fsp3) is 0.200. The molecular weight excluding hydrogens is 314 g/mol. The molecule has 0 unspecified atom stereocenters. The summed E-state index contributed by atoms with van der Waals surface area (Å²) in [5.74, 6) is 0.971. The van der Waals surface area contributed by atoms with Gasteiger partial charge >= 0.3 is 0 Å². The van der Waals surface area contributed by atoms with Crippen LogP contribution in [0.5, 0.6) is 0 Å². The number of aromatic nitrogens is 2. The Balaban J connectivity index is 1.79. The molecule has 5 nitrogen and oxygen atoms in total. The minimum absolute atomic E-state index is 0.171. The summed E-state index contributed by atoms with van der Waals surface area (Å²) in [6, 6.07) is 11.6. The molecule has 2 aromatic heterocycles. The van der Waals surface area contributed by atoms with Crippen LogP contribution in [0.2, 0.25) is 0 Å². The number of imidazole rings is 1. The molecule has 25 heavy (non-hydrogen) atoms. The van der Waals surface area contributed by atoms with Crippen molar-refractivity contribution in [1.29, 1.82) is 0 Å². The second-order valence-corrected chi connectivity index (χ2v) is 5.85. The zero-order valence-corrected chi connectivity index (χ0v) is 14.3. The van der Waals surface area contributed by atoms with E-state index in [0.717, 1.165) is 12.4 Å². The highest BCUT2D eigenvalue weighted by molar-refractivity contribution is 5.91. The lowest BCUT2D eigenvalue weighted by atomic mass is 10.1. The third-order valence-electron chi connectivity index (χ3n) is 4.10. The van der Waals surface area contributed by atoms with Crippen LogP contribution in [0.4, 0.5) is 0 Å². The van der Waals surface area contributed by atoms with Crippen LogP contribution >= 0.6 is 0 Å². The van der Waals surface area contributed by atoms with Crippen LogP contribution in [-0.2, 0) is 13.1 Å². The molecule has 0 radical (unpaired) electrons. The van der Waals surface area contributed by atoms with Gasteiger partial charge in [-0.15, -0.1) is 6.58 Å². The summed E-state index contributed by atoms with van der Waals surface area (Å²) in [5.41, 5.74) is 2.46. The van der Waals surface area contributed by atoms with Crippen LogP contribution in [0.25, 0.3) is 0 Å². The maximum absolute atomic E-state index is 12.6. The Bertz CT molecular complexity index is 849. The van der Waals surface area contributed by atoms with E-state index in [0.29, 0.717) is 18.8 Å². The molecule has 0 aliphatic heterocycles. The van der Waals surface area contributed by atoms with Crippen molar-refractivity contribution in [2.45, 2.75) is 20.0 Å². The molecule has 0 saturated heterocycles. The lowest BCUT2D eigenvalue weighted by Gasteiger charge is -2.20. The van der Waals surface area contributed by atoms with Gasteiger partial charge in [0.15, 0.2) is 5.76 Å². The van der Waals surface area contributed by atoms with Crippen molar-refractivity contribution in [2.75, 3.05) is 6.54 Å². The van der Waals surface area contributed by atoms with Crippen molar-refractivity contribution < 1.29 is 9.21 Å². The highest BCUT2D eigenvalue weighted by Crippen LogP contribution is 2.14. The fourth-order valence-electron chi connectivity index (χ4n) is 2.71. The van der Waals surface area contributed by atoms with Crippen LogP contribution < -0.4 is 0 Å². The molecular formula is C20H21N3O2. The number of benzene rings is 1. The summed E-state index contributed by atoms with van der Waals surface area (Å²) in [5, 5.41) is 0. The fourth-order valence-corrected chi connectivity index (χ4v) is 2.71. The molecule has 0 atom stereocenters. The maximum atomic E-state index is 12.6. The van der Waals surface area contributed by atoms with Gasteiger partial charge in [-0.05, 0) is 30.2 Å². The number of hydrogen-bond acceptors (Lipinski definition) is 3. The molecule has 0 N–H and O–H groups in total. The summed E-state index contributed by atoms with van der Waals surface area (Å²) >= 11 is 0. The summed E-state index contributed by atoms with van der Waals surface area (Å²) in [6.07, 6.45) is 6.90. The zero-order valence-electron chi connectivity index (χ0n) is 14.3. The van der Waals surface area contributed by atoms with E-state index in [9.17, 15) is 4.79 Å². The van der Waals surface area contributed by atoms with Gasteiger partial charge in [-0.3, -0.25) is 4.79 Å². The number of carbonyl (C=O) groups excluding carboxylic acids is 1. The number of hydrogen-bond donors (Lipinski definition) is 0. The Labute approximate surface area is 147 Å². The maximum Gasteiger partial charge on any atom is 0.290 e. The Hall–Kier alpha value is -3.08. The Kier molecular flexibility index (Phi) is 5.14. The average molecular weight is 335 g/mol. The quantitative estimate of drug-likeness (QED) is 0.619. The normalized spacial score (nSPS) is 10.6. The number of aryl methyl sites for hydroxylation is 1. The average Bonchev–Trinajstić information content (AvgIpc) is 3.28. The lowest BCUT2D eigenvalue weighted by molar-refractivity contribution is 0.0725. The Morgan fingerprint density at radius 3 is 2.88 bits per heavy atom.